The smallest absolute Gasteiger partial charge is 0.314 e. The number of carboxylic acids is 1. The molecule has 8 aromatic carbocycles. The first-order chi connectivity index (χ1) is 70.1. The van der Waals surface area contributed by atoms with E-state index >= 15 is 0 Å². The molecule has 784 valence electrons. The van der Waals surface area contributed by atoms with E-state index in [0.29, 0.717) is 43.4 Å². The minimum atomic E-state index is -2.80. The van der Waals surface area contributed by atoms with Crippen molar-refractivity contribution in [1.29, 1.82) is 0 Å². The van der Waals surface area contributed by atoms with Crippen LogP contribution in [0.15, 0.2) is 285 Å². The lowest BCUT2D eigenvalue weighted by atomic mass is 9.71. The Kier molecular flexibility index (Phi) is 34.2. The van der Waals surface area contributed by atoms with Crippen LogP contribution in [0.1, 0.15) is 91.0 Å². The number of benzene rings is 8. The number of fused-ring (bicyclic) bond motifs is 12. The number of hydrogen-bond acceptors (Lipinski definition) is 21. The average Bonchev–Trinajstić information content (AvgIpc) is 1.52. The molecular weight excluding hydrogens is 2310 g/mol. The summed E-state index contributed by atoms with van der Waals surface area (Å²) in [5.41, 5.74) is -5.17. The van der Waals surface area contributed by atoms with Crippen molar-refractivity contribution in [2.75, 3.05) is 67.7 Å². The molecule has 8 heterocycles. The second-order valence-corrected chi connectivity index (χ2v) is 41.3. The summed E-state index contributed by atoms with van der Waals surface area (Å²) < 4.78 is 134. The molecule has 4 aliphatic carbocycles. The van der Waals surface area contributed by atoms with Crippen LogP contribution in [0.4, 0.5) is 35.1 Å². The molecule has 4 fully saturated rings. The van der Waals surface area contributed by atoms with Gasteiger partial charge < -0.3 is 86.6 Å². The Morgan fingerprint density at radius 3 is 0.838 bits per heavy atom. The van der Waals surface area contributed by atoms with Crippen LogP contribution in [-0.2, 0) is 54.4 Å². The van der Waals surface area contributed by atoms with Gasteiger partial charge in [-0.05, 0) is 93.0 Å². The van der Waals surface area contributed by atoms with Gasteiger partial charge in [-0.25, -0.2) is 35.1 Å². The number of pyridine rings is 4. The number of alkyl halides is 8. The third-order valence-corrected chi connectivity index (χ3v) is 31.2. The first-order valence-electron chi connectivity index (χ1n) is 45.7. The lowest BCUT2D eigenvalue weighted by Crippen LogP contribution is -2.58. The molecule has 20 rings (SSSR count). The number of aliphatic hydroxyl groups excluding tert-OH is 4. The summed E-state index contributed by atoms with van der Waals surface area (Å²) >= 11 is 38.9. The van der Waals surface area contributed by atoms with Gasteiger partial charge in [0.05, 0.1) is 38.0 Å². The fourth-order valence-electron chi connectivity index (χ4n) is 22.9. The van der Waals surface area contributed by atoms with E-state index in [2.05, 4.69) is 85.4 Å². The normalized spacial score (nSPS) is 27.9. The predicted octanol–water partition coefficient (Wildman–Crippen LogP) is 13.6. The Hall–Kier alpha value is -9.93. The highest BCUT2D eigenvalue weighted by Gasteiger charge is 2.86. The number of aliphatic carboxylic acids is 1. The van der Waals surface area contributed by atoms with Crippen LogP contribution < -0.4 is 78.9 Å². The van der Waals surface area contributed by atoms with E-state index in [0.717, 1.165) is 29.0 Å². The number of nitrogens with zero attached hydrogens (tertiary/aromatic N) is 4. The monoisotopic (exact) mass is 2410 g/mol. The largest absolute Gasteiger partial charge is 0.481 e. The third-order valence-electron chi connectivity index (χ3n) is 28.2. The van der Waals surface area contributed by atoms with Gasteiger partial charge in [0.25, 0.3) is 25.7 Å². The van der Waals surface area contributed by atoms with Gasteiger partial charge in [-0.1, -0.05) is 280 Å². The van der Waals surface area contributed by atoms with E-state index in [-0.39, 0.29) is 81.3 Å². The lowest BCUT2D eigenvalue weighted by molar-refractivity contribution is -0.894. The number of aliphatic hydroxyl groups is 8. The maximum Gasteiger partial charge on any atom is 0.314 e. The highest BCUT2D eigenvalue weighted by molar-refractivity contribution is 9.11. The molecule has 20 atom stereocenters. The van der Waals surface area contributed by atoms with Gasteiger partial charge in [-0.3, -0.25) is 28.9 Å². The van der Waals surface area contributed by atoms with Crippen LogP contribution in [0.5, 0.6) is 23.0 Å². The zero-order chi connectivity index (χ0) is 106. The van der Waals surface area contributed by atoms with Crippen molar-refractivity contribution in [1.82, 2.24) is 16.0 Å². The van der Waals surface area contributed by atoms with Crippen LogP contribution in [0.3, 0.4) is 0 Å². The number of carbonyl (C=O) groups excluding carboxylic acids is 1. The fourth-order valence-corrected chi connectivity index (χ4v) is 24.7. The Morgan fingerprint density at radius 1 is 0.372 bits per heavy atom. The molecular formula is C104H99Br4Cl5F8N8O19+4. The number of halogens is 17. The predicted molar refractivity (Wildman–Crippen MR) is 539 cm³/mol. The van der Waals surface area contributed by atoms with Crippen molar-refractivity contribution >= 4 is 134 Å². The summed E-state index contributed by atoms with van der Waals surface area (Å²) in [5, 5.41) is 116. The van der Waals surface area contributed by atoms with Crippen LogP contribution in [0.25, 0.3) is 0 Å². The van der Waals surface area contributed by atoms with Gasteiger partial charge in [-0.2, -0.15) is 0 Å². The van der Waals surface area contributed by atoms with E-state index in [1.165, 1.54) is 84.3 Å². The molecule has 0 bridgehead atoms. The van der Waals surface area contributed by atoms with Crippen molar-refractivity contribution in [2.45, 2.75) is 119 Å². The molecule has 4 saturated carbocycles. The molecule has 12 aromatic rings. The number of hydrogen-bond donors (Lipinski definition) is 13. The summed E-state index contributed by atoms with van der Waals surface area (Å²) in [4.78, 5) is 47.8. The standard InChI is InChI=1S/C26H22BrClF2N2O5.2C26H25BrClF2N2O4.C24H19BrClNO6.C2H5F2N.ClH/c1-36-32-13-17(28)11-18-22(32)25(35)23(33)20(24(34)31-12-19(29)30)21(14-5-3-2-4-6-14)26(25,37-18)15-7-9-16(27)10-8-15;2*1-35-32-14-18(28)11-20-23(32)25(34)24(33)19(12-31-13-21(29)30)22(15-5-3-2-4-6-15)26(25,36-20)16-7-9-17(27)10-8-16;1-32-27-12-16(26)11-17-20(27)23(31)21(28)18(22(29)30)19(13-5-3-2-4-6-13)24(23,33-17)14-7-9-15(25)10-8-14;3-2(4)1-5;/h2-11,13,19-21,23,33,35H,12H2,1H3;2*2-11,14,19,21-22,24,31,33-34H,12-13H2,1H3;2-12,18-19,21,28,31H,1H3;2H,1,5H2;1H/q;2*+1;;;/p+2/t20-,21-,23-,25+,26+;2*19-,22-,24-,25+,26+;18-,19-,21-,23+,24+;;/m1111../s1. The fraction of sp³-hybridized carbons (Fsp3) is 0.327. The Morgan fingerprint density at radius 2 is 0.601 bits per heavy atom. The number of aromatic nitrogens is 4. The van der Waals surface area contributed by atoms with Gasteiger partial charge in [0, 0.05) is 110 Å². The molecule has 0 unspecified atom stereocenters. The quantitative estimate of drug-likeness (QED) is 0.0187. The number of nitrogens with two attached hydrogens (primary N) is 1. The third kappa shape index (κ3) is 19.0. The number of carbonyl (C=O) groups is 2. The van der Waals surface area contributed by atoms with Gasteiger partial charge in [0.15, 0.2) is 45.4 Å². The zero-order valence-corrected chi connectivity index (χ0v) is 88.5. The zero-order valence-electron chi connectivity index (χ0n) is 78.3. The summed E-state index contributed by atoms with van der Waals surface area (Å²) in [5.74, 6) is -8.63. The molecule has 4 aliphatic heterocycles. The number of amides is 1. The molecule has 4 aromatic heterocycles. The Balaban J connectivity index is 0.000000145. The van der Waals surface area contributed by atoms with Crippen molar-refractivity contribution in [2.24, 2.45) is 29.4 Å². The molecule has 148 heavy (non-hydrogen) atoms. The first-order valence-corrected chi connectivity index (χ1v) is 50.4. The maximum absolute atomic E-state index is 13.4. The summed E-state index contributed by atoms with van der Waals surface area (Å²) in [6.07, 6.45) is -10.8. The van der Waals surface area contributed by atoms with Crippen LogP contribution in [-0.4, -0.2) is 176 Å². The second-order valence-electron chi connectivity index (χ2n) is 35.9. The molecule has 0 spiro atoms. The van der Waals surface area contributed by atoms with Crippen molar-refractivity contribution in [3.63, 3.8) is 0 Å². The summed E-state index contributed by atoms with van der Waals surface area (Å²) in [7, 11) is 5.56. The number of nitrogens with one attached hydrogen (secondary N) is 3. The molecule has 0 radical (unpaired) electrons. The van der Waals surface area contributed by atoms with Crippen LogP contribution >= 0.6 is 123 Å². The van der Waals surface area contributed by atoms with Crippen molar-refractivity contribution < 1.29 is 148 Å². The number of carboxylic acid groups (broad SMARTS) is 1. The van der Waals surface area contributed by atoms with E-state index in [1.807, 2.05) is 115 Å². The second kappa shape index (κ2) is 45.2. The molecule has 0 saturated heterocycles. The van der Waals surface area contributed by atoms with Crippen LogP contribution in [0, 0.1) is 23.7 Å². The van der Waals surface area contributed by atoms with E-state index in [9.17, 15) is 90.7 Å². The van der Waals surface area contributed by atoms with E-state index in [4.69, 9.17) is 84.7 Å². The van der Waals surface area contributed by atoms with Crippen LogP contribution in [0.2, 0.25) is 20.1 Å². The average molecular weight is 2410 g/mol. The summed E-state index contributed by atoms with van der Waals surface area (Å²) in [6.45, 7) is -2.48. The van der Waals surface area contributed by atoms with Gasteiger partial charge in [0.1, 0.15) is 72.9 Å². The van der Waals surface area contributed by atoms with Crippen molar-refractivity contribution in [3.8, 4) is 23.0 Å². The number of ether oxygens (including phenoxy) is 4. The highest BCUT2D eigenvalue weighted by atomic mass is 79.9. The molecule has 14 N–H and O–H groups in total. The van der Waals surface area contributed by atoms with Gasteiger partial charge in [-0.15, -0.1) is 12.4 Å². The Labute approximate surface area is 902 Å². The SMILES string of the molecule is CO[n+]1cc(Cl)cc2c1[C@]1(O)[C@H](O)[C@H](C(=O)NCC(F)F)[C@@H](c3ccccc3)[C@]1(c1ccc(Br)cc1)O2.CO[n+]1cc(Cl)cc2c1[C@]1(O)[C@H](O)[C@H](C(=O)O)[C@@H](c3ccccc3)[C@]1(c1ccc(Br)cc1)O2.CO[n+]1cc(Cl)cc2c1[C@]1(O)[C@H](O)[C@H](CNCC(F)F)[C@@H](c3ccccc3)[C@]1(c1ccc(Br)cc1)O2.CO[n+]1cc(Cl)cc2c1[C@]1(O)[C@H](O)[C@H](CNCC(F)F)[C@@H](c3ccccc3)[C@]1(c1ccc(Br)cc1)O2.Cl.NCC(F)F. The van der Waals surface area contributed by atoms with E-state index < -0.39 is 180 Å². The summed E-state index contributed by atoms with van der Waals surface area (Å²) in [6, 6.07) is 71.0. The van der Waals surface area contributed by atoms with Gasteiger partial charge in [0.2, 0.25) is 53.1 Å². The maximum atomic E-state index is 13.4. The molecule has 27 nitrogen and oxygen atoms in total. The van der Waals surface area contributed by atoms with Gasteiger partial charge >= 0.3 is 28.7 Å². The Bertz CT molecular complexity index is 6560. The minimum absolute atomic E-state index is 0. The minimum Gasteiger partial charge on any atom is -0.481 e. The lowest BCUT2D eigenvalue weighted by Gasteiger charge is -2.39. The topological polar surface area (TPSA) is 368 Å². The first kappa shape index (κ1) is 112. The molecule has 44 heteroatoms. The molecule has 1 amide bonds. The van der Waals surface area contributed by atoms with E-state index in [1.54, 1.807) is 115 Å². The van der Waals surface area contributed by atoms with Crippen molar-refractivity contribution in [3.05, 3.63) is 373 Å². The highest BCUT2D eigenvalue weighted by Crippen LogP contribution is 2.73. The molecule has 8 aliphatic rings. The number of rotatable bonds is 25.